The largest absolute Gasteiger partial charge is 0.305 e. The molecule has 100 valence electrons. The number of halogens is 1. The van der Waals surface area contributed by atoms with E-state index in [1.54, 1.807) is 11.7 Å². The highest BCUT2D eigenvalue weighted by atomic mass is 19.1. The van der Waals surface area contributed by atoms with E-state index in [4.69, 9.17) is 0 Å². The van der Waals surface area contributed by atoms with Crippen molar-refractivity contribution < 1.29 is 9.18 Å². The number of pyridine rings is 1. The van der Waals surface area contributed by atoms with E-state index in [-0.39, 0.29) is 11.5 Å². The van der Waals surface area contributed by atoms with Crippen LogP contribution in [0.2, 0.25) is 0 Å². The second kappa shape index (κ2) is 4.73. The third kappa shape index (κ3) is 2.11. The maximum atomic E-state index is 13.0. The van der Waals surface area contributed by atoms with Gasteiger partial charge in [0.1, 0.15) is 5.82 Å². The van der Waals surface area contributed by atoms with Gasteiger partial charge in [0.05, 0.1) is 5.52 Å². The Morgan fingerprint density at radius 2 is 2.00 bits per heavy atom. The SMILES string of the molecule is Cn1nc(C(=O)Nc2cccc(F)n2)c2ccccc21. The Kier molecular flexibility index (Phi) is 2.90. The molecule has 0 aliphatic heterocycles. The van der Waals surface area contributed by atoms with Crippen LogP contribution in [-0.4, -0.2) is 20.7 Å². The van der Waals surface area contributed by atoms with E-state index in [1.807, 2.05) is 24.3 Å². The van der Waals surface area contributed by atoms with Crippen LogP contribution in [0.3, 0.4) is 0 Å². The molecule has 0 saturated carbocycles. The summed E-state index contributed by atoms with van der Waals surface area (Å²) in [4.78, 5) is 15.8. The molecule has 0 radical (unpaired) electrons. The standard InChI is InChI=1S/C14H11FN4O/c1-19-10-6-3-2-5-9(10)13(18-19)14(20)17-12-8-4-7-11(15)16-12/h2-8H,1H3,(H,16,17,20). The number of aromatic nitrogens is 3. The summed E-state index contributed by atoms with van der Waals surface area (Å²) >= 11 is 0. The molecule has 3 aromatic rings. The number of fused-ring (bicyclic) bond motifs is 1. The fraction of sp³-hybridized carbons (Fsp3) is 0.0714. The molecule has 1 amide bonds. The maximum absolute atomic E-state index is 13.0. The summed E-state index contributed by atoms with van der Waals surface area (Å²) in [7, 11) is 1.76. The van der Waals surface area contributed by atoms with Crippen LogP contribution in [-0.2, 0) is 7.05 Å². The Labute approximate surface area is 114 Å². The lowest BCUT2D eigenvalue weighted by Crippen LogP contribution is -2.14. The highest BCUT2D eigenvalue weighted by Crippen LogP contribution is 2.18. The Morgan fingerprint density at radius 1 is 1.20 bits per heavy atom. The average Bonchev–Trinajstić information content (AvgIpc) is 2.77. The predicted octanol–water partition coefficient (Wildman–Crippen LogP) is 2.36. The summed E-state index contributed by atoms with van der Waals surface area (Å²) in [6.45, 7) is 0. The predicted molar refractivity (Wildman–Crippen MR) is 72.9 cm³/mol. The molecule has 0 unspecified atom stereocenters. The van der Waals surface area contributed by atoms with E-state index in [2.05, 4.69) is 15.4 Å². The molecule has 0 fully saturated rings. The summed E-state index contributed by atoms with van der Waals surface area (Å²) < 4.78 is 14.6. The van der Waals surface area contributed by atoms with Gasteiger partial charge in [-0.2, -0.15) is 9.49 Å². The summed E-state index contributed by atoms with van der Waals surface area (Å²) in [5.74, 6) is -0.904. The van der Waals surface area contributed by atoms with Crippen LogP contribution in [0.5, 0.6) is 0 Å². The van der Waals surface area contributed by atoms with Crippen molar-refractivity contribution in [2.45, 2.75) is 0 Å². The summed E-state index contributed by atoms with van der Waals surface area (Å²) in [6.07, 6.45) is 0. The minimum Gasteiger partial charge on any atom is -0.305 e. The highest BCUT2D eigenvalue weighted by molar-refractivity contribution is 6.10. The average molecular weight is 270 g/mol. The molecular formula is C14H11FN4O. The van der Waals surface area contributed by atoms with Gasteiger partial charge in [-0.15, -0.1) is 0 Å². The van der Waals surface area contributed by atoms with Crippen molar-refractivity contribution in [3.63, 3.8) is 0 Å². The number of aryl methyl sites for hydroxylation is 1. The van der Waals surface area contributed by atoms with Gasteiger partial charge in [0.2, 0.25) is 5.95 Å². The van der Waals surface area contributed by atoms with Gasteiger partial charge in [-0.1, -0.05) is 24.3 Å². The quantitative estimate of drug-likeness (QED) is 0.727. The number of hydrogen-bond acceptors (Lipinski definition) is 3. The number of benzene rings is 1. The van der Waals surface area contributed by atoms with Crippen LogP contribution in [0.1, 0.15) is 10.5 Å². The Balaban J connectivity index is 1.97. The van der Waals surface area contributed by atoms with Gasteiger partial charge in [-0.05, 0) is 18.2 Å². The first-order valence-electron chi connectivity index (χ1n) is 6.01. The van der Waals surface area contributed by atoms with E-state index < -0.39 is 11.9 Å². The first kappa shape index (κ1) is 12.3. The van der Waals surface area contributed by atoms with Crippen LogP contribution in [0.4, 0.5) is 10.2 Å². The number of carbonyl (C=O) groups is 1. The molecule has 0 atom stereocenters. The number of para-hydroxylation sites is 1. The van der Waals surface area contributed by atoms with Crippen molar-refractivity contribution in [3.8, 4) is 0 Å². The Morgan fingerprint density at radius 3 is 2.80 bits per heavy atom. The number of amides is 1. The lowest BCUT2D eigenvalue weighted by atomic mass is 10.2. The molecule has 2 aromatic heterocycles. The molecule has 1 aromatic carbocycles. The topological polar surface area (TPSA) is 59.8 Å². The first-order valence-corrected chi connectivity index (χ1v) is 6.01. The highest BCUT2D eigenvalue weighted by Gasteiger charge is 2.16. The van der Waals surface area contributed by atoms with Crippen molar-refractivity contribution in [2.75, 3.05) is 5.32 Å². The maximum Gasteiger partial charge on any atom is 0.277 e. The first-order chi connectivity index (χ1) is 9.65. The minimum absolute atomic E-state index is 0.157. The van der Waals surface area contributed by atoms with Gasteiger partial charge in [-0.3, -0.25) is 9.48 Å². The molecule has 0 spiro atoms. The lowest BCUT2D eigenvalue weighted by Gasteiger charge is -2.02. The van der Waals surface area contributed by atoms with Crippen LogP contribution in [0.15, 0.2) is 42.5 Å². The molecule has 6 heteroatoms. The molecule has 0 bridgehead atoms. The third-order valence-corrected chi connectivity index (χ3v) is 2.93. The molecule has 0 aliphatic rings. The van der Waals surface area contributed by atoms with E-state index in [0.717, 1.165) is 10.9 Å². The van der Waals surface area contributed by atoms with Crippen LogP contribution < -0.4 is 5.32 Å². The number of rotatable bonds is 2. The molecule has 0 aliphatic carbocycles. The molecule has 5 nitrogen and oxygen atoms in total. The molecule has 1 N–H and O–H groups in total. The summed E-state index contributed by atoms with van der Waals surface area (Å²) in [5, 5.41) is 7.47. The number of hydrogen-bond donors (Lipinski definition) is 1. The van der Waals surface area contributed by atoms with E-state index in [1.165, 1.54) is 18.2 Å². The van der Waals surface area contributed by atoms with E-state index in [9.17, 15) is 9.18 Å². The van der Waals surface area contributed by atoms with Crippen molar-refractivity contribution >= 4 is 22.6 Å². The zero-order valence-electron chi connectivity index (χ0n) is 10.7. The number of nitrogens with one attached hydrogen (secondary N) is 1. The normalized spacial score (nSPS) is 10.7. The molecule has 0 saturated heterocycles. The van der Waals surface area contributed by atoms with Gasteiger partial charge in [0.15, 0.2) is 5.69 Å². The third-order valence-electron chi connectivity index (χ3n) is 2.93. The van der Waals surface area contributed by atoms with Crippen molar-refractivity contribution in [3.05, 3.63) is 54.1 Å². The zero-order valence-corrected chi connectivity index (χ0v) is 10.7. The molecule has 2 heterocycles. The van der Waals surface area contributed by atoms with Gasteiger partial charge in [-0.25, -0.2) is 4.98 Å². The van der Waals surface area contributed by atoms with Crippen LogP contribution in [0, 0.1) is 5.95 Å². The summed E-state index contributed by atoms with van der Waals surface area (Å²) in [5.41, 5.74) is 1.14. The molecule has 20 heavy (non-hydrogen) atoms. The Bertz CT molecular complexity index is 797. The number of nitrogens with zero attached hydrogens (tertiary/aromatic N) is 3. The fourth-order valence-electron chi connectivity index (χ4n) is 2.03. The van der Waals surface area contributed by atoms with Gasteiger partial charge in [0.25, 0.3) is 5.91 Å². The number of anilines is 1. The lowest BCUT2D eigenvalue weighted by molar-refractivity contribution is 0.102. The van der Waals surface area contributed by atoms with Gasteiger partial charge < -0.3 is 5.32 Å². The van der Waals surface area contributed by atoms with Crippen molar-refractivity contribution in [1.82, 2.24) is 14.8 Å². The van der Waals surface area contributed by atoms with Crippen LogP contribution in [0.25, 0.3) is 10.9 Å². The van der Waals surface area contributed by atoms with Crippen molar-refractivity contribution in [1.29, 1.82) is 0 Å². The Hall–Kier alpha value is -2.76. The van der Waals surface area contributed by atoms with Gasteiger partial charge in [0, 0.05) is 12.4 Å². The second-order valence-electron chi connectivity index (χ2n) is 4.29. The van der Waals surface area contributed by atoms with Gasteiger partial charge >= 0.3 is 0 Å². The summed E-state index contributed by atoms with van der Waals surface area (Å²) in [6, 6.07) is 11.6. The fourth-order valence-corrected chi connectivity index (χ4v) is 2.03. The smallest absolute Gasteiger partial charge is 0.277 e. The van der Waals surface area contributed by atoms with E-state index in [0.29, 0.717) is 0 Å². The zero-order chi connectivity index (χ0) is 14.1. The molecule has 3 rings (SSSR count). The monoisotopic (exact) mass is 270 g/mol. The van der Waals surface area contributed by atoms with Crippen molar-refractivity contribution in [2.24, 2.45) is 7.05 Å². The van der Waals surface area contributed by atoms with E-state index >= 15 is 0 Å². The second-order valence-corrected chi connectivity index (χ2v) is 4.29. The number of carbonyl (C=O) groups excluding carboxylic acids is 1. The minimum atomic E-state index is -0.645. The molecular weight excluding hydrogens is 259 g/mol. The van der Waals surface area contributed by atoms with Crippen LogP contribution >= 0.6 is 0 Å².